The van der Waals surface area contributed by atoms with E-state index in [1.165, 1.54) is 0 Å². The Kier molecular flexibility index (Phi) is 5.61. The smallest absolute Gasteiger partial charge is 0.251 e. The second kappa shape index (κ2) is 8.65. The molecule has 152 valence electrons. The maximum absolute atomic E-state index is 13.2. The lowest BCUT2D eigenvalue weighted by molar-refractivity contribution is -0.119. The Morgan fingerprint density at radius 1 is 1.10 bits per heavy atom. The van der Waals surface area contributed by atoms with Crippen LogP contribution in [0.5, 0.6) is 5.75 Å². The van der Waals surface area contributed by atoms with Gasteiger partial charge in [0, 0.05) is 31.4 Å². The summed E-state index contributed by atoms with van der Waals surface area (Å²) in [5.41, 5.74) is 2.33. The predicted molar refractivity (Wildman–Crippen MR) is 113 cm³/mol. The molecule has 0 aliphatic heterocycles. The van der Waals surface area contributed by atoms with Gasteiger partial charge in [0.2, 0.25) is 11.8 Å². The molecule has 1 N–H and O–H groups in total. The van der Waals surface area contributed by atoms with Gasteiger partial charge in [-0.2, -0.15) is 0 Å². The van der Waals surface area contributed by atoms with Crippen molar-refractivity contribution in [3.63, 3.8) is 0 Å². The van der Waals surface area contributed by atoms with Crippen molar-refractivity contribution in [2.24, 2.45) is 0 Å². The molecule has 7 nitrogen and oxygen atoms in total. The molecule has 4 rings (SSSR count). The van der Waals surface area contributed by atoms with E-state index in [1.807, 2.05) is 59.4 Å². The van der Waals surface area contributed by atoms with Crippen molar-refractivity contribution >= 4 is 11.6 Å². The zero-order valence-corrected chi connectivity index (χ0v) is 16.8. The molecule has 0 saturated heterocycles. The van der Waals surface area contributed by atoms with E-state index in [2.05, 4.69) is 15.5 Å². The summed E-state index contributed by atoms with van der Waals surface area (Å²) in [7, 11) is 1.57. The number of carbonyl (C=O) groups excluding carboxylic acids is 1. The Labute approximate surface area is 174 Å². The lowest BCUT2D eigenvalue weighted by atomic mass is 10.0. The highest BCUT2D eigenvalue weighted by Crippen LogP contribution is 2.32. The van der Waals surface area contributed by atoms with Gasteiger partial charge in [0.15, 0.2) is 0 Å². The van der Waals surface area contributed by atoms with Crippen LogP contribution < -0.4 is 10.1 Å². The quantitative estimate of drug-likeness (QED) is 0.499. The van der Waals surface area contributed by atoms with E-state index in [0.29, 0.717) is 35.2 Å². The Morgan fingerprint density at radius 3 is 2.53 bits per heavy atom. The van der Waals surface area contributed by atoms with Crippen LogP contribution in [0.1, 0.15) is 17.5 Å². The van der Waals surface area contributed by atoms with Crippen LogP contribution in [0, 0.1) is 6.92 Å². The van der Waals surface area contributed by atoms with E-state index in [0.717, 1.165) is 5.56 Å². The first kappa shape index (κ1) is 19.4. The summed E-state index contributed by atoms with van der Waals surface area (Å²) < 4.78 is 12.9. The molecule has 1 amide bonds. The standard InChI is InChI=1S/C23H22N4O3/c1-16-25-26-23(30-16)19-15-18(10-11-21(19)29-2)24-22(28)20(27-12-6-7-13-27)14-17-8-4-3-5-9-17/h3-13,15,20H,14H2,1-2H3,(H,24,28)/t20-/m1/s1. The molecule has 0 aliphatic carbocycles. The van der Waals surface area contributed by atoms with Crippen molar-refractivity contribution in [1.82, 2.24) is 14.8 Å². The Bertz CT molecular complexity index is 1120. The van der Waals surface area contributed by atoms with E-state index in [4.69, 9.17) is 9.15 Å². The van der Waals surface area contributed by atoms with Gasteiger partial charge in [-0.3, -0.25) is 4.79 Å². The summed E-state index contributed by atoms with van der Waals surface area (Å²) in [6, 6.07) is 18.7. The Balaban J connectivity index is 1.61. The van der Waals surface area contributed by atoms with Crippen molar-refractivity contribution in [3.05, 3.63) is 84.5 Å². The van der Waals surface area contributed by atoms with Gasteiger partial charge in [-0.25, -0.2) is 0 Å². The number of benzene rings is 2. The number of methoxy groups -OCH3 is 1. The first-order chi connectivity index (χ1) is 14.6. The van der Waals surface area contributed by atoms with Gasteiger partial charge in [-0.15, -0.1) is 10.2 Å². The summed E-state index contributed by atoms with van der Waals surface area (Å²) in [5.74, 6) is 1.26. The highest BCUT2D eigenvalue weighted by molar-refractivity contribution is 5.94. The van der Waals surface area contributed by atoms with E-state index < -0.39 is 6.04 Å². The molecule has 0 spiro atoms. The predicted octanol–water partition coefficient (Wildman–Crippen LogP) is 4.28. The van der Waals surface area contributed by atoms with Crippen LogP contribution >= 0.6 is 0 Å². The molecule has 0 radical (unpaired) electrons. The van der Waals surface area contributed by atoms with Gasteiger partial charge >= 0.3 is 0 Å². The number of hydrogen-bond acceptors (Lipinski definition) is 5. The number of rotatable bonds is 7. The summed E-state index contributed by atoms with van der Waals surface area (Å²) in [6.45, 7) is 1.72. The highest BCUT2D eigenvalue weighted by Gasteiger charge is 2.21. The van der Waals surface area contributed by atoms with Crippen molar-refractivity contribution in [2.75, 3.05) is 12.4 Å². The number of nitrogens with one attached hydrogen (secondary N) is 1. The Hall–Kier alpha value is -3.87. The molecule has 0 aliphatic rings. The van der Waals surface area contributed by atoms with Crippen LogP contribution in [0.3, 0.4) is 0 Å². The van der Waals surface area contributed by atoms with Gasteiger partial charge in [-0.05, 0) is 35.9 Å². The average molecular weight is 402 g/mol. The summed E-state index contributed by atoms with van der Waals surface area (Å²) in [6.07, 6.45) is 4.37. The van der Waals surface area contributed by atoms with E-state index in [9.17, 15) is 4.79 Å². The van der Waals surface area contributed by atoms with Crippen molar-refractivity contribution in [3.8, 4) is 17.2 Å². The third-order valence-corrected chi connectivity index (χ3v) is 4.79. The minimum atomic E-state index is -0.390. The molecule has 0 unspecified atom stereocenters. The van der Waals surface area contributed by atoms with Crippen LogP contribution in [-0.2, 0) is 11.2 Å². The van der Waals surface area contributed by atoms with E-state index in [1.54, 1.807) is 32.2 Å². The molecule has 0 saturated carbocycles. The molecule has 1 atom stereocenters. The first-order valence-corrected chi connectivity index (χ1v) is 9.60. The second-order valence-corrected chi connectivity index (χ2v) is 6.87. The van der Waals surface area contributed by atoms with Crippen LogP contribution in [-0.4, -0.2) is 27.8 Å². The van der Waals surface area contributed by atoms with Crippen LogP contribution in [0.25, 0.3) is 11.5 Å². The normalized spacial score (nSPS) is 11.8. The molecule has 0 fully saturated rings. The zero-order chi connectivity index (χ0) is 20.9. The maximum atomic E-state index is 13.2. The number of ether oxygens (including phenoxy) is 1. The van der Waals surface area contributed by atoms with Crippen LogP contribution in [0.2, 0.25) is 0 Å². The fourth-order valence-corrected chi connectivity index (χ4v) is 3.31. The minimum absolute atomic E-state index is 0.118. The zero-order valence-electron chi connectivity index (χ0n) is 16.8. The molecule has 2 aromatic carbocycles. The van der Waals surface area contributed by atoms with Gasteiger partial charge in [0.05, 0.1) is 12.7 Å². The van der Waals surface area contributed by atoms with Gasteiger partial charge in [-0.1, -0.05) is 30.3 Å². The summed E-state index contributed by atoms with van der Waals surface area (Å²) in [5, 5.41) is 11.0. The minimum Gasteiger partial charge on any atom is -0.496 e. The third kappa shape index (κ3) is 4.25. The second-order valence-electron chi connectivity index (χ2n) is 6.87. The maximum Gasteiger partial charge on any atom is 0.251 e. The Morgan fingerprint density at radius 2 is 1.87 bits per heavy atom. The van der Waals surface area contributed by atoms with Crippen LogP contribution in [0.4, 0.5) is 5.69 Å². The van der Waals surface area contributed by atoms with Crippen LogP contribution in [0.15, 0.2) is 77.5 Å². The first-order valence-electron chi connectivity index (χ1n) is 9.60. The number of hydrogen-bond donors (Lipinski definition) is 1. The fourth-order valence-electron chi connectivity index (χ4n) is 3.31. The number of nitrogens with zero attached hydrogens (tertiary/aromatic N) is 3. The van der Waals surface area contributed by atoms with Crippen molar-refractivity contribution in [2.45, 2.75) is 19.4 Å². The molecule has 2 aromatic heterocycles. The molecule has 0 bridgehead atoms. The number of amides is 1. The van der Waals surface area contributed by atoms with Gasteiger partial charge in [0.1, 0.15) is 11.8 Å². The number of carbonyl (C=O) groups is 1. The molecule has 4 aromatic rings. The van der Waals surface area contributed by atoms with Crippen molar-refractivity contribution in [1.29, 1.82) is 0 Å². The van der Waals surface area contributed by atoms with E-state index in [-0.39, 0.29) is 5.91 Å². The lowest BCUT2D eigenvalue weighted by Crippen LogP contribution is -2.27. The summed E-state index contributed by atoms with van der Waals surface area (Å²) >= 11 is 0. The average Bonchev–Trinajstić information content (AvgIpc) is 3.44. The lowest BCUT2D eigenvalue weighted by Gasteiger charge is -2.19. The SMILES string of the molecule is COc1ccc(NC(=O)[C@@H](Cc2ccccc2)n2cccc2)cc1-c1nnc(C)o1. The monoisotopic (exact) mass is 402 g/mol. The summed E-state index contributed by atoms with van der Waals surface area (Å²) in [4.78, 5) is 13.2. The molecular weight excluding hydrogens is 380 g/mol. The van der Waals surface area contributed by atoms with E-state index >= 15 is 0 Å². The number of aromatic nitrogens is 3. The molecule has 2 heterocycles. The third-order valence-electron chi connectivity index (χ3n) is 4.79. The largest absolute Gasteiger partial charge is 0.496 e. The van der Waals surface area contributed by atoms with Gasteiger partial charge < -0.3 is 19.0 Å². The topological polar surface area (TPSA) is 82.2 Å². The highest BCUT2D eigenvalue weighted by atomic mass is 16.5. The molecule has 30 heavy (non-hydrogen) atoms. The van der Waals surface area contributed by atoms with Crippen molar-refractivity contribution < 1.29 is 13.9 Å². The number of aryl methyl sites for hydroxylation is 1. The molecule has 7 heteroatoms. The number of anilines is 1. The molecular formula is C23H22N4O3. The fraction of sp³-hybridized carbons (Fsp3) is 0.174. The van der Waals surface area contributed by atoms with Gasteiger partial charge in [0.25, 0.3) is 5.89 Å².